The van der Waals surface area contributed by atoms with Crippen molar-refractivity contribution < 1.29 is 14.0 Å². The zero-order chi connectivity index (χ0) is 18.5. The van der Waals surface area contributed by atoms with Crippen LogP contribution in [0.2, 0.25) is 0 Å². The van der Waals surface area contributed by atoms with Gasteiger partial charge in [-0.3, -0.25) is 9.59 Å². The van der Waals surface area contributed by atoms with Crippen molar-refractivity contribution in [3.05, 3.63) is 59.9 Å². The molecule has 0 spiro atoms. The van der Waals surface area contributed by atoms with Gasteiger partial charge < -0.3 is 15.1 Å². The van der Waals surface area contributed by atoms with Crippen LogP contribution in [0.5, 0.6) is 0 Å². The van der Waals surface area contributed by atoms with Crippen molar-refractivity contribution in [1.29, 1.82) is 0 Å². The van der Waals surface area contributed by atoms with E-state index in [1.54, 1.807) is 24.3 Å². The van der Waals surface area contributed by atoms with Gasteiger partial charge in [-0.15, -0.1) is 0 Å². The predicted molar refractivity (Wildman–Crippen MR) is 99.9 cm³/mol. The van der Waals surface area contributed by atoms with E-state index < -0.39 is 11.7 Å². The Bertz CT molecular complexity index is 784. The Hall–Kier alpha value is -2.89. The highest BCUT2D eigenvalue weighted by Crippen LogP contribution is 2.20. The quantitative estimate of drug-likeness (QED) is 0.917. The van der Waals surface area contributed by atoms with Gasteiger partial charge in [-0.1, -0.05) is 19.1 Å². The molecule has 6 heteroatoms. The lowest BCUT2D eigenvalue weighted by molar-refractivity contribution is -0.131. The van der Waals surface area contributed by atoms with E-state index in [4.69, 9.17) is 0 Å². The third-order valence-electron chi connectivity index (χ3n) is 4.54. The number of halogens is 1. The Labute approximate surface area is 152 Å². The maximum atomic E-state index is 13.7. The molecule has 26 heavy (non-hydrogen) atoms. The summed E-state index contributed by atoms with van der Waals surface area (Å²) in [6, 6.07) is 13.4. The average Bonchev–Trinajstić information content (AvgIpc) is 2.68. The molecular weight excluding hydrogens is 333 g/mol. The van der Waals surface area contributed by atoms with E-state index >= 15 is 0 Å². The first-order valence-corrected chi connectivity index (χ1v) is 8.77. The number of hydrogen-bond acceptors (Lipinski definition) is 3. The second-order valence-electron chi connectivity index (χ2n) is 6.20. The summed E-state index contributed by atoms with van der Waals surface area (Å²) < 4.78 is 13.7. The van der Waals surface area contributed by atoms with E-state index in [1.165, 1.54) is 12.1 Å². The van der Waals surface area contributed by atoms with Crippen LogP contribution < -0.4 is 10.2 Å². The van der Waals surface area contributed by atoms with Crippen molar-refractivity contribution in [2.75, 3.05) is 36.4 Å². The fourth-order valence-corrected chi connectivity index (χ4v) is 3.04. The highest BCUT2D eigenvalue weighted by molar-refractivity contribution is 6.04. The minimum absolute atomic E-state index is 0.0216. The highest BCUT2D eigenvalue weighted by Gasteiger charge is 2.20. The molecule has 0 aliphatic carbocycles. The number of anilines is 2. The standard InChI is InChI=1S/C20H22FN3O2/c1-2-19(25)24-13-11-23(12-14-24)16-9-7-15(8-10-16)22-20(26)17-5-3-4-6-18(17)21/h3-10H,2,11-14H2,1H3,(H,22,26). The van der Waals surface area contributed by atoms with Crippen LogP contribution in [0.4, 0.5) is 15.8 Å². The zero-order valence-electron chi connectivity index (χ0n) is 14.7. The van der Waals surface area contributed by atoms with Gasteiger partial charge >= 0.3 is 0 Å². The molecule has 0 atom stereocenters. The fraction of sp³-hybridized carbons (Fsp3) is 0.300. The number of hydrogen-bond donors (Lipinski definition) is 1. The van der Waals surface area contributed by atoms with Gasteiger partial charge in [0.15, 0.2) is 0 Å². The molecule has 2 amide bonds. The molecule has 1 N–H and O–H groups in total. The first-order chi connectivity index (χ1) is 12.6. The minimum atomic E-state index is -0.541. The van der Waals surface area contributed by atoms with Crippen LogP contribution in [0.3, 0.4) is 0 Å². The van der Waals surface area contributed by atoms with Crippen molar-refractivity contribution in [3.8, 4) is 0 Å². The maximum absolute atomic E-state index is 13.7. The normalized spacial score (nSPS) is 14.2. The van der Waals surface area contributed by atoms with Crippen LogP contribution >= 0.6 is 0 Å². The lowest BCUT2D eigenvalue weighted by atomic mass is 10.2. The predicted octanol–water partition coefficient (Wildman–Crippen LogP) is 3.14. The van der Waals surface area contributed by atoms with E-state index in [-0.39, 0.29) is 11.5 Å². The molecule has 2 aromatic carbocycles. The lowest BCUT2D eigenvalue weighted by Crippen LogP contribution is -2.48. The van der Waals surface area contributed by atoms with Crippen molar-refractivity contribution >= 4 is 23.2 Å². The van der Waals surface area contributed by atoms with Crippen LogP contribution in [-0.4, -0.2) is 42.9 Å². The van der Waals surface area contributed by atoms with E-state index in [1.807, 2.05) is 24.0 Å². The summed E-state index contributed by atoms with van der Waals surface area (Å²) in [6.07, 6.45) is 0.538. The molecular formula is C20H22FN3O2. The Kier molecular flexibility index (Phi) is 5.51. The number of piperazine rings is 1. The number of carbonyl (C=O) groups excluding carboxylic acids is 2. The van der Waals surface area contributed by atoms with Crippen molar-refractivity contribution in [2.45, 2.75) is 13.3 Å². The molecule has 1 heterocycles. The Morgan fingerprint density at radius 3 is 2.27 bits per heavy atom. The summed E-state index contributed by atoms with van der Waals surface area (Å²) in [7, 11) is 0. The summed E-state index contributed by atoms with van der Waals surface area (Å²) in [4.78, 5) is 28.0. The topological polar surface area (TPSA) is 52.7 Å². The maximum Gasteiger partial charge on any atom is 0.258 e. The largest absolute Gasteiger partial charge is 0.368 e. The van der Waals surface area contributed by atoms with E-state index in [0.29, 0.717) is 12.1 Å². The molecule has 1 aliphatic heterocycles. The molecule has 3 rings (SSSR count). The Morgan fingerprint density at radius 2 is 1.65 bits per heavy atom. The van der Waals surface area contributed by atoms with Gasteiger partial charge in [-0.05, 0) is 36.4 Å². The number of amides is 2. The Morgan fingerprint density at radius 1 is 1.00 bits per heavy atom. The number of rotatable bonds is 4. The van der Waals surface area contributed by atoms with Gasteiger partial charge in [0.25, 0.3) is 5.91 Å². The first kappa shape index (κ1) is 17.9. The van der Waals surface area contributed by atoms with Crippen LogP contribution in [0, 0.1) is 5.82 Å². The summed E-state index contributed by atoms with van der Waals surface area (Å²) in [5.74, 6) is -0.820. The van der Waals surface area contributed by atoms with Gasteiger partial charge in [0.1, 0.15) is 5.82 Å². The average molecular weight is 355 g/mol. The molecule has 0 radical (unpaired) electrons. The lowest BCUT2D eigenvalue weighted by Gasteiger charge is -2.36. The number of carbonyl (C=O) groups is 2. The SMILES string of the molecule is CCC(=O)N1CCN(c2ccc(NC(=O)c3ccccc3F)cc2)CC1. The number of nitrogens with zero attached hydrogens (tertiary/aromatic N) is 2. The van der Waals surface area contributed by atoms with Crippen LogP contribution in [-0.2, 0) is 4.79 Å². The van der Waals surface area contributed by atoms with Gasteiger partial charge in [-0.25, -0.2) is 4.39 Å². The Balaban J connectivity index is 1.60. The number of benzene rings is 2. The summed E-state index contributed by atoms with van der Waals surface area (Å²) in [5, 5.41) is 2.71. The number of nitrogens with one attached hydrogen (secondary N) is 1. The second-order valence-corrected chi connectivity index (χ2v) is 6.20. The molecule has 5 nitrogen and oxygen atoms in total. The van der Waals surface area contributed by atoms with Crippen molar-refractivity contribution in [3.63, 3.8) is 0 Å². The molecule has 0 saturated carbocycles. The van der Waals surface area contributed by atoms with E-state index in [9.17, 15) is 14.0 Å². The van der Waals surface area contributed by atoms with Crippen molar-refractivity contribution in [1.82, 2.24) is 4.90 Å². The molecule has 0 bridgehead atoms. The highest BCUT2D eigenvalue weighted by atomic mass is 19.1. The van der Waals surface area contributed by atoms with Crippen LogP contribution in [0.15, 0.2) is 48.5 Å². The molecule has 1 fully saturated rings. The summed E-state index contributed by atoms with van der Waals surface area (Å²) in [5.41, 5.74) is 1.67. The zero-order valence-corrected chi connectivity index (χ0v) is 14.7. The second kappa shape index (κ2) is 7.99. The summed E-state index contributed by atoms with van der Waals surface area (Å²) >= 11 is 0. The molecule has 0 aromatic heterocycles. The van der Waals surface area contributed by atoms with Crippen LogP contribution in [0.1, 0.15) is 23.7 Å². The summed E-state index contributed by atoms with van der Waals surface area (Å²) in [6.45, 7) is 4.89. The molecule has 2 aromatic rings. The minimum Gasteiger partial charge on any atom is -0.368 e. The van der Waals surface area contributed by atoms with Gasteiger partial charge in [0, 0.05) is 44.0 Å². The molecule has 136 valence electrons. The monoisotopic (exact) mass is 355 g/mol. The first-order valence-electron chi connectivity index (χ1n) is 8.77. The van der Waals surface area contributed by atoms with Gasteiger partial charge in [0.2, 0.25) is 5.91 Å². The van der Waals surface area contributed by atoms with Crippen molar-refractivity contribution in [2.24, 2.45) is 0 Å². The third kappa shape index (κ3) is 4.02. The molecule has 1 aliphatic rings. The molecule has 0 unspecified atom stereocenters. The van der Waals surface area contributed by atoms with Crippen LogP contribution in [0.25, 0.3) is 0 Å². The van der Waals surface area contributed by atoms with E-state index in [0.717, 1.165) is 31.9 Å². The molecule has 1 saturated heterocycles. The van der Waals surface area contributed by atoms with E-state index in [2.05, 4.69) is 10.2 Å². The fourth-order valence-electron chi connectivity index (χ4n) is 3.04. The third-order valence-corrected chi connectivity index (χ3v) is 4.54. The van der Waals surface area contributed by atoms with Gasteiger partial charge in [-0.2, -0.15) is 0 Å². The smallest absolute Gasteiger partial charge is 0.258 e. The van der Waals surface area contributed by atoms with Gasteiger partial charge in [0.05, 0.1) is 5.56 Å².